The second-order valence-corrected chi connectivity index (χ2v) is 8.91. The van der Waals surface area contributed by atoms with Crippen molar-refractivity contribution in [2.45, 2.75) is 5.37 Å². The maximum atomic E-state index is 12.6. The van der Waals surface area contributed by atoms with Crippen molar-refractivity contribution in [3.05, 3.63) is 76.5 Å². The second kappa shape index (κ2) is 8.31. The maximum Gasteiger partial charge on any atom is 0.265 e. The lowest BCUT2D eigenvalue weighted by atomic mass is 10.1. The fraction of sp³-hybridized carbons (Fsp3) is 0.182. The summed E-state index contributed by atoms with van der Waals surface area (Å²) in [6.07, 6.45) is 0. The summed E-state index contributed by atoms with van der Waals surface area (Å²) in [5.74, 6) is 0.449. The van der Waals surface area contributed by atoms with E-state index in [2.05, 4.69) is 5.32 Å². The molecule has 1 aliphatic heterocycles. The first kappa shape index (κ1) is 19.5. The molecule has 0 spiro atoms. The number of hydrogen-bond acceptors (Lipinski definition) is 5. The van der Waals surface area contributed by atoms with Crippen molar-refractivity contribution < 1.29 is 9.59 Å². The normalized spacial score (nSPS) is 16.1. The van der Waals surface area contributed by atoms with Gasteiger partial charge in [-0.15, -0.1) is 23.1 Å². The maximum absolute atomic E-state index is 12.6. The predicted molar refractivity (Wildman–Crippen MR) is 122 cm³/mol. The van der Waals surface area contributed by atoms with Crippen LogP contribution in [0.1, 0.15) is 20.6 Å². The smallest absolute Gasteiger partial charge is 0.265 e. The lowest BCUT2D eigenvalue weighted by molar-refractivity contribution is -0.115. The molecule has 0 bridgehead atoms. The molecule has 0 aliphatic carbocycles. The molecule has 7 heteroatoms. The molecule has 2 aromatic carbocycles. The van der Waals surface area contributed by atoms with Gasteiger partial charge in [0.2, 0.25) is 5.91 Å². The summed E-state index contributed by atoms with van der Waals surface area (Å²) in [5, 5.41) is 4.72. The van der Waals surface area contributed by atoms with Crippen molar-refractivity contribution in [3.8, 4) is 0 Å². The third-order valence-electron chi connectivity index (χ3n) is 4.71. The van der Waals surface area contributed by atoms with Gasteiger partial charge in [-0.25, -0.2) is 0 Å². The van der Waals surface area contributed by atoms with Crippen LogP contribution in [-0.2, 0) is 4.79 Å². The Hall–Kier alpha value is -2.77. The number of carbonyl (C=O) groups is 2. The Morgan fingerprint density at radius 2 is 1.79 bits per heavy atom. The van der Waals surface area contributed by atoms with E-state index in [1.165, 1.54) is 11.3 Å². The molecule has 1 fully saturated rings. The van der Waals surface area contributed by atoms with Crippen molar-refractivity contribution >= 4 is 52.0 Å². The number of nitrogens with zero attached hydrogens (tertiary/aromatic N) is 2. The Labute approximate surface area is 178 Å². The van der Waals surface area contributed by atoms with Crippen molar-refractivity contribution in [1.29, 1.82) is 0 Å². The Morgan fingerprint density at radius 1 is 1.07 bits per heavy atom. The summed E-state index contributed by atoms with van der Waals surface area (Å²) in [6.45, 7) is 0. The van der Waals surface area contributed by atoms with Crippen LogP contribution in [0.2, 0.25) is 0 Å². The van der Waals surface area contributed by atoms with Gasteiger partial charge in [-0.05, 0) is 53.4 Å². The van der Waals surface area contributed by atoms with Gasteiger partial charge in [0.1, 0.15) is 5.37 Å². The minimum atomic E-state index is -0.110. The molecule has 29 heavy (non-hydrogen) atoms. The molecule has 1 N–H and O–H groups in total. The van der Waals surface area contributed by atoms with Gasteiger partial charge in [0.05, 0.1) is 10.6 Å². The molecule has 1 aliphatic rings. The summed E-state index contributed by atoms with van der Waals surface area (Å²) >= 11 is 3.03. The van der Waals surface area contributed by atoms with Gasteiger partial charge >= 0.3 is 0 Å². The van der Waals surface area contributed by atoms with Crippen molar-refractivity contribution in [2.24, 2.45) is 0 Å². The third kappa shape index (κ3) is 4.16. The summed E-state index contributed by atoms with van der Waals surface area (Å²) in [7, 11) is 3.99. The molecule has 0 radical (unpaired) electrons. The first-order valence-corrected chi connectivity index (χ1v) is 11.1. The van der Waals surface area contributed by atoms with Gasteiger partial charge in [0.15, 0.2) is 0 Å². The van der Waals surface area contributed by atoms with Crippen molar-refractivity contribution in [3.63, 3.8) is 0 Å². The highest BCUT2D eigenvalue weighted by molar-refractivity contribution is 8.00. The average molecular weight is 424 g/mol. The molecule has 5 nitrogen and oxygen atoms in total. The van der Waals surface area contributed by atoms with Crippen LogP contribution >= 0.6 is 23.1 Å². The summed E-state index contributed by atoms with van der Waals surface area (Å²) in [5.41, 5.74) is 3.76. The molecule has 1 atom stereocenters. The molecule has 1 aromatic heterocycles. The van der Waals surface area contributed by atoms with Crippen LogP contribution < -0.4 is 15.1 Å². The predicted octanol–water partition coefficient (Wildman–Crippen LogP) is 4.85. The number of thiophene rings is 1. The van der Waals surface area contributed by atoms with E-state index in [4.69, 9.17) is 0 Å². The number of thioether (sulfide) groups is 1. The SMILES string of the molecule is CN(C)c1ccc(N2C(=O)CSC2c2ccc(NC(=O)c3cccs3)cc2)cc1. The Balaban J connectivity index is 1.52. The van der Waals surface area contributed by atoms with Crippen LogP contribution in [0.25, 0.3) is 0 Å². The number of benzene rings is 2. The zero-order chi connectivity index (χ0) is 20.4. The first-order valence-electron chi connectivity index (χ1n) is 9.19. The lowest BCUT2D eigenvalue weighted by Gasteiger charge is -2.25. The standard InChI is InChI=1S/C22H21N3O2S2/c1-24(2)17-9-11-18(12-10-17)25-20(26)14-29-22(25)15-5-7-16(8-6-15)23-21(27)19-4-3-13-28-19/h3-13,22H,14H2,1-2H3,(H,23,27). The average Bonchev–Trinajstić information content (AvgIpc) is 3.39. The Bertz CT molecular complexity index is 1000. The van der Waals surface area contributed by atoms with Crippen LogP contribution in [0.3, 0.4) is 0 Å². The van der Waals surface area contributed by atoms with Gasteiger partial charge in [0.25, 0.3) is 5.91 Å². The first-order chi connectivity index (χ1) is 14.0. The topological polar surface area (TPSA) is 52.6 Å². The van der Waals surface area contributed by atoms with Gasteiger partial charge in [-0.1, -0.05) is 18.2 Å². The van der Waals surface area contributed by atoms with E-state index in [9.17, 15) is 9.59 Å². The summed E-state index contributed by atoms with van der Waals surface area (Å²) < 4.78 is 0. The number of anilines is 3. The van der Waals surface area contributed by atoms with Gasteiger partial charge in [-0.2, -0.15) is 0 Å². The molecule has 1 unspecified atom stereocenters. The van der Waals surface area contributed by atoms with Crippen LogP contribution in [0.4, 0.5) is 17.1 Å². The molecule has 148 valence electrons. The van der Waals surface area contributed by atoms with E-state index < -0.39 is 0 Å². The molecule has 4 rings (SSSR count). The van der Waals surface area contributed by atoms with Crippen LogP contribution in [0.15, 0.2) is 66.0 Å². The number of hydrogen-bond donors (Lipinski definition) is 1. The second-order valence-electron chi connectivity index (χ2n) is 6.89. The van der Waals surface area contributed by atoms with Crippen LogP contribution in [0.5, 0.6) is 0 Å². The number of nitrogens with one attached hydrogen (secondary N) is 1. The number of carbonyl (C=O) groups excluding carboxylic acids is 2. The van der Waals surface area contributed by atoms with Gasteiger partial charge in [-0.3, -0.25) is 14.5 Å². The van der Waals surface area contributed by atoms with E-state index in [0.29, 0.717) is 10.6 Å². The van der Waals surface area contributed by atoms with Crippen LogP contribution in [-0.4, -0.2) is 31.7 Å². The highest BCUT2D eigenvalue weighted by Crippen LogP contribution is 2.42. The minimum Gasteiger partial charge on any atom is -0.378 e. The van der Waals surface area contributed by atoms with E-state index in [1.807, 2.05) is 83.9 Å². The minimum absolute atomic E-state index is 0.0743. The highest BCUT2D eigenvalue weighted by atomic mass is 32.2. The van der Waals surface area contributed by atoms with E-state index in [1.54, 1.807) is 17.8 Å². The third-order valence-corrected chi connectivity index (χ3v) is 6.79. The summed E-state index contributed by atoms with van der Waals surface area (Å²) in [6, 6.07) is 19.4. The Morgan fingerprint density at radius 3 is 2.41 bits per heavy atom. The number of rotatable bonds is 5. The van der Waals surface area contributed by atoms with E-state index in [-0.39, 0.29) is 17.2 Å². The zero-order valence-corrected chi connectivity index (χ0v) is 17.8. The molecule has 1 saturated heterocycles. The van der Waals surface area contributed by atoms with Gasteiger partial charge < -0.3 is 10.2 Å². The Kier molecular flexibility index (Phi) is 5.60. The van der Waals surface area contributed by atoms with Crippen molar-refractivity contribution in [1.82, 2.24) is 0 Å². The molecule has 2 heterocycles. The molecular formula is C22H21N3O2S2. The molecule has 0 saturated carbocycles. The zero-order valence-electron chi connectivity index (χ0n) is 16.2. The fourth-order valence-electron chi connectivity index (χ4n) is 3.19. The lowest BCUT2D eigenvalue weighted by Crippen LogP contribution is -2.27. The molecule has 3 aromatic rings. The van der Waals surface area contributed by atoms with Crippen molar-refractivity contribution in [2.75, 3.05) is 35.0 Å². The molecule has 2 amide bonds. The largest absolute Gasteiger partial charge is 0.378 e. The monoisotopic (exact) mass is 423 g/mol. The van der Waals surface area contributed by atoms with E-state index >= 15 is 0 Å². The van der Waals surface area contributed by atoms with E-state index in [0.717, 1.165) is 22.6 Å². The quantitative estimate of drug-likeness (QED) is 0.638. The highest BCUT2D eigenvalue weighted by Gasteiger charge is 2.34. The summed E-state index contributed by atoms with van der Waals surface area (Å²) in [4.78, 5) is 29.3. The molecular weight excluding hydrogens is 402 g/mol. The fourth-order valence-corrected chi connectivity index (χ4v) is 4.99. The van der Waals surface area contributed by atoms with Gasteiger partial charge in [0, 0.05) is 31.2 Å². The number of amides is 2. The van der Waals surface area contributed by atoms with Crippen LogP contribution in [0, 0.1) is 0 Å².